The van der Waals surface area contributed by atoms with E-state index in [1.165, 1.54) is 37.7 Å². The van der Waals surface area contributed by atoms with Gasteiger partial charge in [0.25, 0.3) is 0 Å². The quantitative estimate of drug-likeness (QED) is 0.596. The zero-order valence-corrected chi connectivity index (χ0v) is 9.58. The molecule has 1 aliphatic rings. The first-order valence-corrected chi connectivity index (χ1v) is 6.07. The van der Waals surface area contributed by atoms with E-state index in [0.717, 1.165) is 12.1 Å². The molecule has 0 aromatic carbocycles. The largest absolute Gasteiger partial charge is 0.248 e. The highest BCUT2D eigenvalue weighted by molar-refractivity contribution is 5.36. The van der Waals surface area contributed by atoms with Gasteiger partial charge in [-0.05, 0) is 49.3 Å². The standard InChI is InChI=1S/C15H17N/c1-2-4-8-14(9-5-3-1)11-12-15-10-6-7-13-16-15/h6-8,10,13H,1-5,9H2/b14-8+. The van der Waals surface area contributed by atoms with Crippen molar-refractivity contribution < 1.29 is 0 Å². The monoisotopic (exact) mass is 211 g/mol. The molecule has 1 nitrogen and oxygen atoms in total. The number of allylic oxidation sites excluding steroid dienone is 2. The summed E-state index contributed by atoms with van der Waals surface area (Å²) >= 11 is 0. The average molecular weight is 211 g/mol. The van der Waals surface area contributed by atoms with Crippen LogP contribution >= 0.6 is 0 Å². The van der Waals surface area contributed by atoms with E-state index in [2.05, 4.69) is 22.9 Å². The minimum atomic E-state index is 0.866. The van der Waals surface area contributed by atoms with Gasteiger partial charge >= 0.3 is 0 Å². The van der Waals surface area contributed by atoms with Gasteiger partial charge in [0.15, 0.2) is 0 Å². The van der Waals surface area contributed by atoms with Crippen LogP contribution in [0.15, 0.2) is 36.0 Å². The minimum absolute atomic E-state index is 0.866. The minimum Gasteiger partial charge on any atom is -0.248 e. The maximum absolute atomic E-state index is 4.20. The first-order chi connectivity index (χ1) is 7.95. The summed E-state index contributed by atoms with van der Waals surface area (Å²) in [5.41, 5.74) is 2.16. The molecule has 0 saturated carbocycles. The van der Waals surface area contributed by atoms with E-state index in [0.29, 0.717) is 0 Å². The first kappa shape index (κ1) is 11.0. The van der Waals surface area contributed by atoms with Gasteiger partial charge in [-0.15, -0.1) is 0 Å². The number of hydrogen-bond donors (Lipinski definition) is 0. The lowest BCUT2D eigenvalue weighted by Crippen LogP contribution is -1.88. The molecular formula is C15H17N. The Bertz CT molecular complexity index is 406. The Morgan fingerprint density at radius 1 is 1.00 bits per heavy atom. The molecule has 1 heteroatoms. The van der Waals surface area contributed by atoms with Crippen molar-refractivity contribution in [2.75, 3.05) is 0 Å². The lowest BCUT2D eigenvalue weighted by Gasteiger charge is -2.05. The van der Waals surface area contributed by atoms with Gasteiger partial charge in [-0.1, -0.05) is 30.9 Å². The summed E-state index contributed by atoms with van der Waals surface area (Å²) in [6.45, 7) is 0. The average Bonchev–Trinajstić information content (AvgIpc) is 2.29. The number of pyridine rings is 1. The molecule has 0 atom stereocenters. The summed E-state index contributed by atoms with van der Waals surface area (Å²) in [4.78, 5) is 4.20. The van der Waals surface area contributed by atoms with Crippen molar-refractivity contribution in [3.63, 3.8) is 0 Å². The summed E-state index contributed by atoms with van der Waals surface area (Å²) in [6.07, 6.45) is 11.7. The maximum atomic E-state index is 4.20. The second kappa shape index (κ2) is 6.12. The Balaban J connectivity index is 2.05. The van der Waals surface area contributed by atoms with Gasteiger partial charge in [-0.25, -0.2) is 4.98 Å². The fraction of sp³-hybridized carbons (Fsp3) is 0.400. The van der Waals surface area contributed by atoms with Crippen molar-refractivity contribution in [1.82, 2.24) is 4.98 Å². The number of hydrogen-bond acceptors (Lipinski definition) is 1. The Morgan fingerprint density at radius 2 is 1.94 bits per heavy atom. The summed E-state index contributed by atoms with van der Waals surface area (Å²) < 4.78 is 0. The van der Waals surface area contributed by atoms with Crippen LogP contribution in [-0.2, 0) is 0 Å². The summed E-state index contributed by atoms with van der Waals surface area (Å²) in [5.74, 6) is 6.39. The van der Waals surface area contributed by atoms with Gasteiger partial charge in [-0.2, -0.15) is 0 Å². The lowest BCUT2D eigenvalue weighted by atomic mass is 10.0. The predicted octanol–water partition coefficient (Wildman–Crippen LogP) is 3.71. The third-order valence-corrected chi connectivity index (χ3v) is 2.81. The highest BCUT2D eigenvalue weighted by Gasteiger charge is 1.98. The predicted molar refractivity (Wildman–Crippen MR) is 66.9 cm³/mol. The van der Waals surface area contributed by atoms with Crippen molar-refractivity contribution >= 4 is 0 Å². The highest BCUT2D eigenvalue weighted by atomic mass is 14.6. The van der Waals surface area contributed by atoms with Crippen LogP contribution in [0.25, 0.3) is 0 Å². The fourth-order valence-electron chi connectivity index (χ4n) is 1.89. The van der Waals surface area contributed by atoms with Gasteiger partial charge in [0.05, 0.1) is 0 Å². The molecule has 0 saturated heterocycles. The molecule has 0 amide bonds. The molecule has 0 bridgehead atoms. The van der Waals surface area contributed by atoms with Crippen molar-refractivity contribution in [1.29, 1.82) is 0 Å². The topological polar surface area (TPSA) is 12.9 Å². The van der Waals surface area contributed by atoms with E-state index >= 15 is 0 Å². The van der Waals surface area contributed by atoms with Crippen LogP contribution in [0.5, 0.6) is 0 Å². The molecule has 0 fully saturated rings. The third-order valence-electron chi connectivity index (χ3n) is 2.81. The van der Waals surface area contributed by atoms with E-state index in [1.807, 2.05) is 18.2 Å². The number of aromatic nitrogens is 1. The number of rotatable bonds is 0. The van der Waals surface area contributed by atoms with Gasteiger partial charge in [0.1, 0.15) is 5.69 Å². The van der Waals surface area contributed by atoms with Crippen molar-refractivity contribution in [2.24, 2.45) is 0 Å². The SMILES string of the molecule is C(#Cc1ccccn1)/C1=C/CCCCCC1. The van der Waals surface area contributed by atoms with Gasteiger partial charge in [0, 0.05) is 6.20 Å². The summed E-state index contributed by atoms with van der Waals surface area (Å²) in [5, 5.41) is 0. The molecule has 16 heavy (non-hydrogen) atoms. The van der Waals surface area contributed by atoms with Crippen molar-refractivity contribution in [3.05, 3.63) is 41.7 Å². The zero-order valence-electron chi connectivity index (χ0n) is 9.58. The van der Waals surface area contributed by atoms with Gasteiger partial charge in [0.2, 0.25) is 0 Å². The van der Waals surface area contributed by atoms with Crippen LogP contribution in [0.3, 0.4) is 0 Å². The van der Waals surface area contributed by atoms with E-state index in [4.69, 9.17) is 0 Å². The van der Waals surface area contributed by atoms with Crippen LogP contribution in [0.1, 0.15) is 44.2 Å². The second-order valence-corrected chi connectivity index (χ2v) is 4.15. The first-order valence-electron chi connectivity index (χ1n) is 6.07. The van der Waals surface area contributed by atoms with E-state index in [-0.39, 0.29) is 0 Å². The zero-order chi connectivity index (χ0) is 11.1. The lowest BCUT2D eigenvalue weighted by molar-refractivity contribution is 0.631. The van der Waals surface area contributed by atoms with Crippen LogP contribution < -0.4 is 0 Å². The summed E-state index contributed by atoms with van der Waals surface area (Å²) in [6, 6.07) is 5.85. The summed E-state index contributed by atoms with van der Waals surface area (Å²) in [7, 11) is 0. The molecule has 0 unspecified atom stereocenters. The van der Waals surface area contributed by atoms with E-state index in [1.54, 1.807) is 6.20 Å². The third kappa shape index (κ3) is 3.55. The normalized spacial score (nSPS) is 19.6. The Labute approximate surface area is 97.6 Å². The van der Waals surface area contributed by atoms with Crippen LogP contribution in [0.4, 0.5) is 0 Å². The van der Waals surface area contributed by atoms with Crippen LogP contribution in [0, 0.1) is 11.8 Å². The molecule has 0 aliphatic heterocycles. The maximum Gasteiger partial charge on any atom is 0.113 e. The molecule has 82 valence electrons. The second-order valence-electron chi connectivity index (χ2n) is 4.15. The molecule has 0 radical (unpaired) electrons. The molecule has 1 heterocycles. The molecular weight excluding hydrogens is 194 g/mol. The Morgan fingerprint density at radius 3 is 2.81 bits per heavy atom. The van der Waals surface area contributed by atoms with Crippen molar-refractivity contribution in [2.45, 2.75) is 38.5 Å². The van der Waals surface area contributed by atoms with Crippen LogP contribution in [0.2, 0.25) is 0 Å². The van der Waals surface area contributed by atoms with Crippen molar-refractivity contribution in [3.8, 4) is 11.8 Å². The van der Waals surface area contributed by atoms with Gasteiger partial charge < -0.3 is 0 Å². The number of nitrogens with zero attached hydrogens (tertiary/aromatic N) is 1. The van der Waals surface area contributed by atoms with E-state index < -0.39 is 0 Å². The Kier molecular flexibility index (Phi) is 4.19. The Hall–Kier alpha value is -1.55. The molecule has 0 spiro atoms. The smallest absolute Gasteiger partial charge is 0.113 e. The van der Waals surface area contributed by atoms with E-state index in [9.17, 15) is 0 Å². The molecule has 1 aliphatic carbocycles. The fourth-order valence-corrected chi connectivity index (χ4v) is 1.89. The molecule has 1 aromatic heterocycles. The highest BCUT2D eigenvalue weighted by Crippen LogP contribution is 2.16. The van der Waals surface area contributed by atoms with Crippen LogP contribution in [-0.4, -0.2) is 4.98 Å². The molecule has 0 N–H and O–H groups in total. The van der Waals surface area contributed by atoms with Gasteiger partial charge in [-0.3, -0.25) is 0 Å². The molecule has 1 aromatic rings. The molecule has 2 rings (SSSR count).